The summed E-state index contributed by atoms with van der Waals surface area (Å²) in [5.74, 6) is 1.60. The molecule has 1 atom stereocenters. The summed E-state index contributed by atoms with van der Waals surface area (Å²) in [4.78, 5) is 18.9. The molecule has 0 amide bonds. The third kappa shape index (κ3) is 6.90. The van der Waals surface area contributed by atoms with E-state index in [0.717, 1.165) is 36.5 Å². The van der Waals surface area contributed by atoms with Crippen LogP contribution in [0.1, 0.15) is 59.3 Å². The molecular formula is C28H35N3O4S. The van der Waals surface area contributed by atoms with Gasteiger partial charge in [-0.25, -0.2) is 4.98 Å². The first-order valence-electron chi connectivity index (χ1n) is 12.5. The topological polar surface area (TPSA) is 87.8 Å². The fraction of sp³-hybridized carbons (Fsp3) is 0.429. The number of hydrogen-bond donors (Lipinski definition) is 2. The van der Waals surface area contributed by atoms with Crippen molar-refractivity contribution in [3.8, 4) is 5.75 Å². The Morgan fingerprint density at radius 1 is 1.22 bits per heavy atom. The van der Waals surface area contributed by atoms with Crippen LogP contribution in [0.2, 0.25) is 0 Å². The fourth-order valence-electron chi connectivity index (χ4n) is 4.70. The van der Waals surface area contributed by atoms with Crippen LogP contribution in [0.3, 0.4) is 0 Å². The van der Waals surface area contributed by atoms with Crippen LogP contribution in [-0.2, 0) is 19.6 Å². The molecule has 7 nitrogen and oxygen atoms in total. The summed E-state index contributed by atoms with van der Waals surface area (Å²) >= 11 is 0. The van der Waals surface area contributed by atoms with Crippen molar-refractivity contribution in [1.82, 2.24) is 9.88 Å². The molecule has 2 N–H and O–H groups in total. The molecule has 36 heavy (non-hydrogen) atoms. The first kappa shape index (κ1) is 26.3. The monoisotopic (exact) mass is 509 g/mol. The summed E-state index contributed by atoms with van der Waals surface area (Å²) in [5, 5.41) is 14.1. The van der Waals surface area contributed by atoms with E-state index in [0.29, 0.717) is 37.8 Å². The molecule has 2 aromatic carbocycles. The first-order chi connectivity index (χ1) is 17.1. The number of carbonyl (C=O) groups is 1. The van der Waals surface area contributed by atoms with E-state index in [-0.39, 0.29) is 19.3 Å². The zero-order valence-electron chi connectivity index (χ0n) is 20.5. The van der Waals surface area contributed by atoms with Crippen molar-refractivity contribution < 1.29 is 19.1 Å². The van der Waals surface area contributed by atoms with Gasteiger partial charge in [0.05, 0.1) is 12.3 Å². The SMILES string of the molecule is O=C(CC[C@H](O)CN1CCc2cc(OCc3cnco3)ccc2C1)c1cccc(NC2CCC2)c1.S. The zero-order chi connectivity index (χ0) is 24.0. The molecule has 3 aromatic rings. The van der Waals surface area contributed by atoms with Gasteiger partial charge in [-0.1, -0.05) is 18.2 Å². The van der Waals surface area contributed by atoms with Crippen molar-refractivity contribution in [3.63, 3.8) is 0 Å². The number of aromatic nitrogens is 1. The van der Waals surface area contributed by atoms with Gasteiger partial charge < -0.3 is 19.6 Å². The van der Waals surface area contributed by atoms with Gasteiger partial charge in [0.2, 0.25) is 0 Å². The first-order valence-corrected chi connectivity index (χ1v) is 12.5. The summed E-state index contributed by atoms with van der Waals surface area (Å²) in [7, 11) is 0. The zero-order valence-corrected chi connectivity index (χ0v) is 21.5. The Balaban J connectivity index is 0.00000304. The normalized spacial score (nSPS) is 16.4. The number of benzene rings is 2. The molecule has 0 radical (unpaired) electrons. The molecule has 2 aliphatic rings. The minimum Gasteiger partial charge on any atom is -0.486 e. The van der Waals surface area contributed by atoms with Crippen LogP contribution in [0.5, 0.6) is 5.75 Å². The fourth-order valence-corrected chi connectivity index (χ4v) is 4.70. The number of hydrogen-bond acceptors (Lipinski definition) is 7. The number of rotatable bonds is 11. The van der Waals surface area contributed by atoms with Crippen LogP contribution in [0.25, 0.3) is 0 Å². The van der Waals surface area contributed by atoms with Crippen molar-refractivity contribution in [2.75, 3.05) is 18.4 Å². The van der Waals surface area contributed by atoms with Gasteiger partial charge in [-0.15, -0.1) is 0 Å². The molecule has 2 heterocycles. The Hall–Kier alpha value is -2.81. The average Bonchev–Trinajstić information content (AvgIpc) is 3.37. The Labute approximate surface area is 219 Å². The summed E-state index contributed by atoms with van der Waals surface area (Å²) in [5.41, 5.74) is 4.26. The molecule has 1 aliphatic carbocycles. The molecule has 1 aliphatic heterocycles. The maximum atomic E-state index is 12.7. The van der Waals surface area contributed by atoms with Gasteiger partial charge in [0.15, 0.2) is 17.9 Å². The molecule has 192 valence electrons. The predicted molar refractivity (Wildman–Crippen MR) is 144 cm³/mol. The standard InChI is InChI=1S/C28H33N3O4.H2S/c32-25(8-10-28(33)21-3-1-6-24(13-21)30-23-4-2-5-23)17-31-12-11-20-14-26(9-7-22(20)16-31)34-18-27-15-29-19-35-27;/h1,3,6-7,9,13-15,19,23,25,30,32H,2,4-5,8,10-12,16-18H2;1H2/t25-;/m0./s1. The molecule has 8 heteroatoms. The van der Waals surface area contributed by atoms with E-state index >= 15 is 0 Å². The lowest BCUT2D eigenvalue weighted by molar-refractivity contribution is 0.0836. The molecule has 1 fully saturated rings. The maximum absolute atomic E-state index is 12.7. The van der Waals surface area contributed by atoms with Crippen LogP contribution in [0.15, 0.2) is 59.5 Å². The lowest BCUT2D eigenvalue weighted by atomic mass is 9.93. The summed E-state index contributed by atoms with van der Waals surface area (Å²) in [6.07, 6.45) is 7.92. The van der Waals surface area contributed by atoms with E-state index in [1.165, 1.54) is 36.8 Å². The summed E-state index contributed by atoms with van der Waals surface area (Å²) in [6.45, 7) is 2.59. The van der Waals surface area contributed by atoms with E-state index in [4.69, 9.17) is 9.15 Å². The number of Topliss-reactive ketones (excluding diaryl/α,β-unsaturated/α-hetero) is 1. The quantitative estimate of drug-likeness (QED) is 0.362. The average molecular weight is 510 g/mol. The highest BCUT2D eigenvalue weighted by Crippen LogP contribution is 2.26. The van der Waals surface area contributed by atoms with Crippen LogP contribution < -0.4 is 10.1 Å². The van der Waals surface area contributed by atoms with Gasteiger partial charge >= 0.3 is 0 Å². The van der Waals surface area contributed by atoms with Crippen molar-refractivity contribution in [1.29, 1.82) is 0 Å². The van der Waals surface area contributed by atoms with Crippen molar-refractivity contribution in [3.05, 3.63) is 77.5 Å². The Bertz CT molecular complexity index is 1130. The lowest BCUT2D eigenvalue weighted by Crippen LogP contribution is -2.36. The summed E-state index contributed by atoms with van der Waals surface area (Å²) < 4.78 is 11.0. The molecule has 0 saturated heterocycles. The van der Waals surface area contributed by atoms with Crippen LogP contribution >= 0.6 is 13.5 Å². The molecule has 0 unspecified atom stereocenters. The molecule has 1 saturated carbocycles. The Morgan fingerprint density at radius 3 is 2.89 bits per heavy atom. The number of nitrogens with one attached hydrogen (secondary N) is 1. The van der Waals surface area contributed by atoms with Gasteiger partial charge in [0.1, 0.15) is 12.4 Å². The number of oxazole rings is 1. The van der Waals surface area contributed by atoms with Crippen molar-refractivity contribution in [2.45, 2.75) is 63.8 Å². The number of ketones is 1. The van der Waals surface area contributed by atoms with Crippen molar-refractivity contribution >= 4 is 25.0 Å². The maximum Gasteiger partial charge on any atom is 0.181 e. The van der Waals surface area contributed by atoms with Gasteiger partial charge in [-0.05, 0) is 67.5 Å². The predicted octanol–water partition coefficient (Wildman–Crippen LogP) is 4.71. The Morgan fingerprint density at radius 2 is 2.11 bits per heavy atom. The third-order valence-electron chi connectivity index (χ3n) is 6.97. The van der Waals surface area contributed by atoms with Gasteiger partial charge in [0.25, 0.3) is 0 Å². The number of β-amino-alcohol motifs (C(OH)–C–C–N with tert-alkyl or cyclic N) is 1. The van der Waals surface area contributed by atoms with Crippen LogP contribution in [0, 0.1) is 0 Å². The smallest absolute Gasteiger partial charge is 0.181 e. The molecule has 5 rings (SSSR count). The van der Waals surface area contributed by atoms with Crippen LogP contribution in [-0.4, -0.2) is 46.0 Å². The number of fused-ring (bicyclic) bond motifs is 1. The van der Waals surface area contributed by atoms with Gasteiger partial charge in [0, 0.05) is 43.3 Å². The van der Waals surface area contributed by atoms with Crippen molar-refractivity contribution in [2.24, 2.45) is 0 Å². The third-order valence-corrected chi connectivity index (χ3v) is 6.97. The number of anilines is 1. The molecule has 0 spiro atoms. The minimum atomic E-state index is -0.527. The number of aliphatic hydroxyl groups is 1. The minimum absolute atomic E-state index is 0. The largest absolute Gasteiger partial charge is 0.486 e. The van der Waals surface area contributed by atoms with Gasteiger partial charge in [-0.2, -0.15) is 13.5 Å². The number of ether oxygens (including phenoxy) is 1. The molecular weight excluding hydrogens is 474 g/mol. The molecule has 0 bridgehead atoms. The highest BCUT2D eigenvalue weighted by Gasteiger charge is 2.21. The van der Waals surface area contributed by atoms with E-state index in [9.17, 15) is 9.90 Å². The second-order valence-electron chi connectivity index (χ2n) is 9.64. The number of nitrogens with zero attached hydrogens (tertiary/aromatic N) is 2. The molecule has 1 aromatic heterocycles. The van der Waals surface area contributed by atoms with Crippen LogP contribution in [0.4, 0.5) is 5.69 Å². The highest BCUT2D eigenvalue weighted by molar-refractivity contribution is 7.59. The van der Waals surface area contributed by atoms with E-state index in [1.54, 1.807) is 6.20 Å². The number of carbonyl (C=O) groups excluding carboxylic acids is 1. The second kappa shape index (κ2) is 12.4. The van der Waals surface area contributed by atoms with E-state index in [2.05, 4.69) is 27.3 Å². The lowest BCUT2D eigenvalue weighted by Gasteiger charge is -2.30. The van der Waals surface area contributed by atoms with E-state index in [1.807, 2.05) is 30.3 Å². The highest BCUT2D eigenvalue weighted by atomic mass is 32.1. The van der Waals surface area contributed by atoms with E-state index < -0.39 is 6.10 Å². The second-order valence-corrected chi connectivity index (χ2v) is 9.64. The Kier molecular flexibility index (Phi) is 9.07. The summed E-state index contributed by atoms with van der Waals surface area (Å²) in [6, 6.07) is 14.5. The van der Waals surface area contributed by atoms with Gasteiger partial charge in [-0.3, -0.25) is 9.69 Å². The number of aliphatic hydroxyl groups excluding tert-OH is 1.